The first-order valence-corrected chi connectivity index (χ1v) is 8.46. The van der Waals surface area contributed by atoms with Crippen molar-refractivity contribution in [2.24, 2.45) is 5.92 Å². The summed E-state index contributed by atoms with van der Waals surface area (Å²) in [6.45, 7) is 5.53. The highest BCUT2D eigenvalue weighted by atomic mass is 16.5. The second-order valence-electron chi connectivity index (χ2n) is 6.15. The van der Waals surface area contributed by atoms with Gasteiger partial charge in [-0.15, -0.1) is 0 Å². The van der Waals surface area contributed by atoms with E-state index < -0.39 is 6.10 Å². The van der Waals surface area contributed by atoms with Gasteiger partial charge >= 0.3 is 0 Å². The van der Waals surface area contributed by atoms with Crippen molar-refractivity contribution in [1.82, 2.24) is 10.2 Å². The molecule has 1 saturated heterocycles. The first-order chi connectivity index (χ1) is 11.1. The Bertz CT molecular complexity index is 482. The van der Waals surface area contributed by atoms with Gasteiger partial charge in [0.1, 0.15) is 5.75 Å². The van der Waals surface area contributed by atoms with Gasteiger partial charge in [0.25, 0.3) is 0 Å². The van der Waals surface area contributed by atoms with Crippen molar-refractivity contribution in [1.29, 1.82) is 0 Å². The Kier molecular flexibility index (Phi) is 6.86. The minimum Gasteiger partial charge on any atom is -0.497 e. The molecule has 1 atom stereocenters. The first kappa shape index (κ1) is 17.8. The Balaban J connectivity index is 1.75. The number of carbonyl (C=O) groups excluding carboxylic acids is 1. The summed E-state index contributed by atoms with van der Waals surface area (Å²) < 4.78 is 5.10. The molecule has 128 valence electrons. The van der Waals surface area contributed by atoms with Crippen LogP contribution in [-0.2, 0) is 4.79 Å². The van der Waals surface area contributed by atoms with Crippen LogP contribution in [-0.4, -0.2) is 49.2 Å². The number of aliphatic hydroxyl groups is 1. The van der Waals surface area contributed by atoms with Crippen LogP contribution in [0.2, 0.25) is 0 Å². The summed E-state index contributed by atoms with van der Waals surface area (Å²) in [6.07, 6.45) is 2.28. The van der Waals surface area contributed by atoms with Crippen molar-refractivity contribution >= 4 is 5.91 Å². The number of nitrogens with zero attached hydrogens (tertiary/aromatic N) is 1. The van der Waals surface area contributed by atoms with Gasteiger partial charge in [-0.1, -0.05) is 19.1 Å². The molecule has 0 aliphatic carbocycles. The average Bonchev–Trinajstić information content (AvgIpc) is 2.60. The van der Waals surface area contributed by atoms with Crippen molar-refractivity contribution in [3.63, 3.8) is 0 Å². The van der Waals surface area contributed by atoms with Gasteiger partial charge in [-0.25, -0.2) is 0 Å². The predicted octanol–water partition coefficient (Wildman–Crippen LogP) is 1.97. The lowest BCUT2D eigenvalue weighted by Crippen LogP contribution is -2.41. The highest BCUT2D eigenvalue weighted by Crippen LogP contribution is 2.19. The third-order valence-electron chi connectivity index (χ3n) is 4.47. The van der Waals surface area contributed by atoms with E-state index in [1.54, 1.807) is 7.11 Å². The number of nitrogens with one attached hydrogen (secondary N) is 1. The number of amides is 1. The molecule has 0 spiro atoms. The average molecular weight is 320 g/mol. The third-order valence-corrected chi connectivity index (χ3v) is 4.47. The van der Waals surface area contributed by atoms with Gasteiger partial charge in [0.2, 0.25) is 5.91 Å². The van der Waals surface area contributed by atoms with E-state index in [1.165, 1.54) is 0 Å². The van der Waals surface area contributed by atoms with Crippen LogP contribution in [0, 0.1) is 5.92 Å². The molecule has 1 heterocycles. The number of hydrogen-bond acceptors (Lipinski definition) is 4. The molecule has 5 heteroatoms. The van der Waals surface area contributed by atoms with Crippen LogP contribution < -0.4 is 10.1 Å². The molecule has 1 amide bonds. The third kappa shape index (κ3) is 5.22. The quantitative estimate of drug-likeness (QED) is 0.806. The maximum absolute atomic E-state index is 12.2. The molecule has 1 aromatic carbocycles. The standard InChI is InChI=1S/C18H28N2O3/c1-3-10-20-11-8-15(9-12-20)18(22)19-13-17(21)14-4-6-16(23-2)7-5-14/h4-7,15,17,21H,3,8-13H2,1-2H3,(H,19,22). The zero-order valence-corrected chi connectivity index (χ0v) is 14.1. The van der Waals surface area contributed by atoms with E-state index in [0.29, 0.717) is 0 Å². The van der Waals surface area contributed by atoms with E-state index in [0.717, 1.165) is 50.2 Å². The van der Waals surface area contributed by atoms with E-state index in [9.17, 15) is 9.90 Å². The lowest BCUT2D eigenvalue weighted by molar-refractivity contribution is -0.126. The Labute approximate surface area is 138 Å². The Morgan fingerprint density at radius 2 is 2.00 bits per heavy atom. The summed E-state index contributed by atoms with van der Waals surface area (Å²) in [4.78, 5) is 14.7. The topological polar surface area (TPSA) is 61.8 Å². The van der Waals surface area contributed by atoms with Gasteiger partial charge in [-0.3, -0.25) is 4.79 Å². The Hall–Kier alpha value is -1.59. The van der Waals surface area contributed by atoms with E-state index in [-0.39, 0.29) is 18.4 Å². The molecular weight excluding hydrogens is 292 g/mol. The van der Waals surface area contributed by atoms with Crippen LogP contribution in [0.3, 0.4) is 0 Å². The number of carbonyl (C=O) groups is 1. The number of ether oxygens (including phenoxy) is 1. The molecule has 0 saturated carbocycles. The van der Waals surface area contributed by atoms with E-state index in [2.05, 4.69) is 17.1 Å². The molecule has 1 aliphatic rings. The second-order valence-corrected chi connectivity index (χ2v) is 6.15. The fourth-order valence-corrected chi connectivity index (χ4v) is 3.02. The minimum atomic E-state index is -0.690. The van der Waals surface area contributed by atoms with Gasteiger partial charge in [0.15, 0.2) is 0 Å². The number of methoxy groups -OCH3 is 1. The van der Waals surface area contributed by atoms with Crippen molar-refractivity contribution in [2.45, 2.75) is 32.3 Å². The van der Waals surface area contributed by atoms with Gasteiger partial charge in [0.05, 0.1) is 13.2 Å². The molecule has 0 aromatic heterocycles. The minimum absolute atomic E-state index is 0.0636. The molecular formula is C18H28N2O3. The summed E-state index contributed by atoms with van der Waals surface area (Å²) in [6, 6.07) is 7.26. The van der Waals surface area contributed by atoms with Crippen LogP contribution in [0.15, 0.2) is 24.3 Å². The maximum Gasteiger partial charge on any atom is 0.223 e. The fraction of sp³-hybridized carbons (Fsp3) is 0.611. The maximum atomic E-state index is 12.2. The molecule has 0 radical (unpaired) electrons. The van der Waals surface area contributed by atoms with Crippen LogP contribution in [0.5, 0.6) is 5.75 Å². The lowest BCUT2D eigenvalue weighted by Gasteiger charge is -2.31. The zero-order valence-electron chi connectivity index (χ0n) is 14.1. The largest absolute Gasteiger partial charge is 0.497 e. The number of hydrogen-bond donors (Lipinski definition) is 2. The normalized spacial score (nSPS) is 17.7. The molecule has 1 fully saturated rings. The molecule has 23 heavy (non-hydrogen) atoms. The first-order valence-electron chi connectivity index (χ1n) is 8.46. The molecule has 2 N–H and O–H groups in total. The van der Waals surface area contributed by atoms with Crippen molar-refractivity contribution in [3.8, 4) is 5.75 Å². The summed E-state index contributed by atoms with van der Waals surface area (Å²) in [5, 5.41) is 13.1. The molecule has 2 rings (SSSR count). The number of rotatable bonds is 7. The molecule has 0 bridgehead atoms. The van der Waals surface area contributed by atoms with Crippen molar-refractivity contribution in [3.05, 3.63) is 29.8 Å². The highest BCUT2D eigenvalue weighted by molar-refractivity contribution is 5.78. The monoisotopic (exact) mass is 320 g/mol. The lowest BCUT2D eigenvalue weighted by atomic mass is 9.95. The van der Waals surface area contributed by atoms with E-state index in [1.807, 2.05) is 24.3 Å². The summed E-state index contributed by atoms with van der Waals surface area (Å²) in [7, 11) is 1.61. The van der Waals surface area contributed by atoms with Crippen molar-refractivity contribution < 1.29 is 14.6 Å². The van der Waals surface area contributed by atoms with Gasteiger partial charge in [-0.05, 0) is 56.6 Å². The van der Waals surface area contributed by atoms with Crippen molar-refractivity contribution in [2.75, 3.05) is 33.3 Å². The van der Waals surface area contributed by atoms with Gasteiger partial charge < -0.3 is 20.1 Å². The van der Waals surface area contributed by atoms with E-state index >= 15 is 0 Å². The molecule has 5 nitrogen and oxygen atoms in total. The second kappa shape index (κ2) is 8.89. The van der Waals surface area contributed by atoms with E-state index in [4.69, 9.17) is 4.74 Å². The Morgan fingerprint density at radius 1 is 1.35 bits per heavy atom. The number of benzene rings is 1. The molecule has 1 aromatic rings. The molecule has 1 unspecified atom stereocenters. The summed E-state index contributed by atoms with van der Waals surface area (Å²) in [5.41, 5.74) is 0.781. The fourth-order valence-electron chi connectivity index (χ4n) is 3.02. The van der Waals surface area contributed by atoms with Crippen LogP contribution >= 0.6 is 0 Å². The summed E-state index contributed by atoms with van der Waals surface area (Å²) in [5.74, 6) is 0.892. The van der Waals surface area contributed by atoms with Crippen LogP contribution in [0.1, 0.15) is 37.9 Å². The number of piperidine rings is 1. The highest BCUT2D eigenvalue weighted by Gasteiger charge is 2.24. The SMILES string of the molecule is CCCN1CCC(C(=O)NCC(O)c2ccc(OC)cc2)CC1. The predicted molar refractivity (Wildman–Crippen MR) is 90.4 cm³/mol. The number of likely N-dealkylation sites (tertiary alicyclic amines) is 1. The van der Waals surface area contributed by atoms with Crippen LogP contribution in [0.25, 0.3) is 0 Å². The zero-order chi connectivity index (χ0) is 16.7. The smallest absolute Gasteiger partial charge is 0.223 e. The molecule has 1 aliphatic heterocycles. The van der Waals surface area contributed by atoms with Gasteiger partial charge in [-0.2, -0.15) is 0 Å². The van der Waals surface area contributed by atoms with Crippen LogP contribution in [0.4, 0.5) is 0 Å². The van der Waals surface area contributed by atoms with Gasteiger partial charge in [0, 0.05) is 12.5 Å². The Morgan fingerprint density at radius 3 is 2.57 bits per heavy atom. The summed E-state index contributed by atoms with van der Waals surface area (Å²) >= 11 is 0. The number of aliphatic hydroxyl groups excluding tert-OH is 1.